The molecule has 1 heterocycles. The SMILES string of the molecule is Cc1c(OC(F)(F)F)cnc([N+](=O)[O-])c1CF. The van der Waals surface area contributed by atoms with Gasteiger partial charge in [0.25, 0.3) is 0 Å². The van der Waals surface area contributed by atoms with Gasteiger partial charge in [0.05, 0.1) is 5.56 Å². The van der Waals surface area contributed by atoms with Crippen LogP contribution in [0.15, 0.2) is 6.20 Å². The van der Waals surface area contributed by atoms with Crippen molar-refractivity contribution in [2.45, 2.75) is 20.0 Å². The first-order valence-electron chi connectivity index (χ1n) is 4.21. The highest BCUT2D eigenvalue weighted by Gasteiger charge is 2.34. The smallest absolute Gasteiger partial charge is 0.401 e. The van der Waals surface area contributed by atoms with Crippen LogP contribution in [0.2, 0.25) is 0 Å². The summed E-state index contributed by atoms with van der Waals surface area (Å²) in [5.41, 5.74) is -0.830. The summed E-state index contributed by atoms with van der Waals surface area (Å²) < 4.78 is 51.9. The summed E-state index contributed by atoms with van der Waals surface area (Å²) in [6, 6.07) is 0. The summed E-state index contributed by atoms with van der Waals surface area (Å²) in [6.07, 6.45) is -4.42. The molecule has 9 heteroatoms. The number of nitrogens with zero attached hydrogens (tertiary/aromatic N) is 2. The van der Waals surface area contributed by atoms with E-state index < -0.39 is 35.1 Å². The molecule has 0 saturated heterocycles. The number of aromatic nitrogens is 1. The summed E-state index contributed by atoms with van der Waals surface area (Å²) in [4.78, 5) is 12.6. The Bertz CT molecular complexity index is 447. The largest absolute Gasteiger partial charge is 0.573 e. The van der Waals surface area contributed by atoms with E-state index in [0.29, 0.717) is 6.20 Å². The molecule has 0 fully saturated rings. The molecule has 0 aliphatic carbocycles. The zero-order valence-corrected chi connectivity index (χ0v) is 8.42. The van der Waals surface area contributed by atoms with Gasteiger partial charge in [-0.3, -0.25) is 0 Å². The monoisotopic (exact) mass is 254 g/mol. The van der Waals surface area contributed by atoms with Gasteiger partial charge in [0.1, 0.15) is 6.67 Å². The second-order valence-electron chi connectivity index (χ2n) is 2.99. The Morgan fingerprint density at radius 3 is 2.53 bits per heavy atom. The van der Waals surface area contributed by atoms with E-state index in [-0.39, 0.29) is 5.56 Å². The number of hydrogen-bond acceptors (Lipinski definition) is 4. The van der Waals surface area contributed by atoms with Crippen molar-refractivity contribution in [1.82, 2.24) is 4.98 Å². The number of ether oxygens (including phenoxy) is 1. The molecule has 1 aromatic rings. The van der Waals surface area contributed by atoms with Gasteiger partial charge in [-0.2, -0.15) is 0 Å². The van der Waals surface area contributed by atoms with Gasteiger partial charge in [0.15, 0.2) is 11.9 Å². The van der Waals surface area contributed by atoms with Gasteiger partial charge >= 0.3 is 12.2 Å². The van der Waals surface area contributed by atoms with E-state index in [0.717, 1.165) is 6.92 Å². The lowest BCUT2D eigenvalue weighted by Crippen LogP contribution is -2.18. The lowest BCUT2D eigenvalue weighted by atomic mass is 10.1. The molecule has 0 bridgehead atoms. The minimum Gasteiger partial charge on any atom is -0.401 e. The Morgan fingerprint density at radius 2 is 2.12 bits per heavy atom. The Labute approximate surface area is 92.2 Å². The van der Waals surface area contributed by atoms with Gasteiger partial charge in [0, 0.05) is 5.56 Å². The van der Waals surface area contributed by atoms with Crippen molar-refractivity contribution in [2.75, 3.05) is 0 Å². The number of hydrogen-bond donors (Lipinski definition) is 0. The van der Waals surface area contributed by atoms with E-state index in [9.17, 15) is 27.7 Å². The number of halogens is 4. The molecule has 0 amide bonds. The topological polar surface area (TPSA) is 65.3 Å². The van der Waals surface area contributed by atoms with Crippen LogP contribution in [0, 0.1) is 17.0 Å². The maximum Gasteiger partial charge on any atom is 0.573 e. The minimum atomic E-state index is -4.96. The summed E-state index contributed by atoms with van der Waals surface area (Å²) in [7, 11) is 0. The van der Waals surface area contributed by atoms with Crippen LogP contribution in [0.4, 0.5) is 23.4 Å². The molecule has 0 saturated carbocycles. The summed E-state index contributed by atoms with van der Waals surface area (Å²) in [6.45, 7) is -0.213. The zero-order chi connectivity index (χ0) is 13.2. The number of pyridine rings is 1. The summed E-state index contributed by atoms with van der Waals surface area (Å²) >= 11 is 0. The minimum absolute atomic E-state index is 0.300. The van der Waals surface area contributed by atoms with Crippen molar-refractivity contribution in [3.8, 4) is 5.75 Å². The van der Waals surface area contributed by atoms with E-state index in [4.69, 9.17) is 0 Å². The van der Waals surface area contributed by atoms with Crippen molar-refractivity contribution in [2.24, 2.45) is 0 Å². The van der Waals surface area contributed by atoms with Gasteiger partial charge < -0.3 is 14.9 Å². The van der Waals surface area contributed by atoms with Crippen LogP contribution in [0.1, 0.15) is 11.1 Å². The van der Waals surface area contributed by atoms with Crippen LogP contribution < -0.4 is 4.74 Å². The second-order valence-corrected chi connectivity index (χ2v) is 2.99. The van der Waals surface area contributed by atoms with E-state index in [1.165, 1.54) is 0 Å². The van der Waals surface area contributed by atoms with Gasteiger partial charge in [-0.05, 0) is 16.8 Å². The predicted molar refractivity (Wildman–Crippen MR) is 47.1 cm³/mol. The Balaban J connectivity index is 3.25. The average Bonchev–Trinajstić information content (AvgIpc) is 2.18. The molecule has 94 valence electrons. The average molecular weight is 254 g/mol. The van der Waals surface area contributed by atoms with Crippen LogP contribution in [0.3, 0.4) is 0 Å². The molecule has 17 heavy (non-hydrogen) atoms. The standard InChI is InChI=1S/C8H6F4N2O3/c1-4-5(2-9)7(14(15)16)13-3-6(4)17-8(10,11)12/h3H,2H2,1H3. The Hall–Kier alpha value is -1.93. The van der Waals surface area contributed by atoms with E-state index in [1.807, 2.05) is 0 Å². The van der Waals surface area contributed by atoms with Gasteiger partial charge in [-0.25, -0.2) is 4.39 Å². The third-order valence-electron chi connectivity index (χ3n) is 1.93. The van der Waals surface area contributed by atoms with Crippen molar-refractivity contribution >= 4 is 5.82 Å². The van der Waals surface area contributed by atoms with Crippen molar-refractivity contribution in [3.63, 3.8) is 0 Å². The first-order valence-corrected chi connectivity index (χ1v) is 4.21. The maximum atomic E-state index is 12.5. The van der Waals surface area contributed by atoms with Gasteiger partial charge in [-0.15, -0.1) is 13.2 Å². The molecule has 0 radical (unpaired) electrons. The molecular formula is C8H6F4N2O3. The normalized spacial score (nSPS) is 11.4. The van der Waals surface area contributed by atoms with Gasteiger partial charge in [0.2, 0.25) is 0 Å². The molecule has 0 N–H and O–H groups in total. The third kappa shape index (κ3) is 3.02. The first-order chi connectivity index (χ1) is 7.76. The second kappa shape index (κ2) is 4.52. The quantitative estimate of drug-likeness (QED) is 0.472. The highest BCUT2D eigenvalue weighted by atomic mass is 19.4. The molecule has 0 spiro atoms. The Kier molecular flexibility index (Phi) is 3.49. The van der Waals surface area contributed by atoms with E-state index in [1.54, 1.807) is 0 Å². The van der Waals surface area contributed by atoms with E-state index in [2.05, 4.69) is 9.72 Å². The van der Waals surface area contributed by atoms with Crippen LogP contribution in [-0.2, 0) is 6.67 Å². The fourth-order valence-electron chi connectivity index (χ4n) is 1.16. The Morgan fingerprint density at radius 1 is 1.53 bits per heavy atom. The molecule has 0 aromatic carbocycles. The first kappa shape index (κ1) is 13.1. The fourth-order valence-corrected chi connectivity index (χ4v) is 1.16. The summed E-state index contributed by atoms with van der Waals surface area (Å²) in [5.74, 6) is -1.57. The maximum absolute atomic E-state index is 12.5. The number of nitro groups is 1. The lowest BCUT2D eigenvalue weighted by Gasteiger charge is -2.11. The van der Waals surface area contributed by atoms with Crippen LogP contribution >= 0.6 is 0 Å². The van der Waals surface area contributed by atoms with E-state index >= 15 is 0 Å². The van der Waals surface area contributed by atoms with Crippen LogP contribution in [-0.4, -0.2) is 16.3 Å². The molecule has 0 aliphatic heterocycles. The fraction of sp³-hybridized carbons (Fsp3) is 0.375. The highest BCUT2D eigenvalue weighted by molar-refractivity contribution is 5.45. The molecule has 0 atom stereocenters. The van der Waals surface area contributed by atoms with Crippen molar-refractivity contribution in [3.05, 3.63) is 27.4 Å². The predicted octanol–water partition coefficient (Wildman–Crippen LogP) is 2.67. The van der Waals surface area contributed by atoms with Crippen LogP contribution in [0.5, 0.6) is 5.75 Å². The molecule has 1 aromatic heterocycles. The van der Waals surface area contributed by atoms with Crippen LogP contribution in [0.25, 0.3) is 0 Å². The molecular weight excluding hydrogens is 248 g/mol. The third-order valence-corrected chi connectivity index (χ3v) is 1.93. The summed E-state index contributed by atoms with van der Waals surface area (Å²) in [5, 5.41) is 10.4. The van der Waals surface area contributed by atoms with Crippen molar-refractivity contribution in [1.29, 1.82) is 0 Å². The number of alkyl halides is 4. The lowest BCUT2D eigenvalue weighted by molar-refractivity contribution is -0.390. The zero-order valence-electron chi connectivity index (χ0n) is 8.42. The molecule has 0 unspecified atom stereocenters. The molecule has 1 rings (SSSR count). The van der Waals surface area contributed by atoms with Gasteiger partial charge in [-0.1, -0.05) is 0 Å². The molecule has 0 aliphatic rings. The molecule has 5 nitrogen and oxygen atoms in total. The number of rotatable bonds is 3. The highest BCUT2D eigenvalue weighted by Crippen LogP contribution is 2.31. The van der Waals surface area contributed by atoms with Crippen molar-refractivity contribution < 1.29 is 27.2 Å².